The van der Waals surface area contributed by atoms with E-state index in [0.29, 0.717) is 0 Å². The third kappa shape index (κ3) is 5.61. The molecule has 0 heterocycles. The van der Waals surface area contributed by atoms with Gasteiger partial charge < -0.3 is 11.2 Å². The molecule has 0 aromatic carbocycles. The Morgan fingerprint density at radius 1 is 1.15 bits per heavy atom. The van der Waals surface area contributed by atoms with E-state index in [1.165, 1.54) is 11.8 Å². The van der Waals surface area contributed by atoms with E-state index in [2.05, 4.69) is 33.0 Å². The van der Waals surface area contributed by atoms with Crippen LogP contribution in [0.3, 0.4) is 0 Å². The van der Waals surface area contributed by atoms with Crippen LogP contribution in [-0.2, 0) is 18.6 Å². The van der Waals surface area contributed by atoms with Gasteiger partial charge in [-0.3, -0.25) is 5.92 Å². The van der Waals surface area contributed by atoms with Gasteiger partial charge in [-0.1, -0.05) is 24.4 Å². The minimum Gasteiger partial charge on any atom is -0.429 e. The molecular formula is C10H19NSV. The summed E-state index contributed by atoms with van der Waals surface area (Å²) in [5, 5.41) is 3.31. The molecule has 0 unspecified atom stereocenters. The number of thiocarbonyl (C=S) groups is 1. The van der Waals surface area contributed by atoms with Crippen LogP contribution in [0.5, 0.6) is 0 Å². The van der Waals surface area contributed by atoms with Gasteiger partial charge in [0.1, 0.15) is 0 Å². The van der Waals surface area contributed by atoms with Gasteiger partial charge in [0.2, 0.25) is 0 Å². The fraction of sp³-hybridized carbons (Fsp3) is 0.700. The maximum atomic E-state index is 5.18. The van der Waals surface area contributed by atoms with Crippen LogP contribution in [0.25, 0.3) is 0 Å². The Balaban J connectivity index is 0. The summed E-state index contributed by atoms with van der Waals surface area (Å²) < 4.78 is 0. The minimum atomic E-state index is 0. The SMILES string of the molecule is C[C-](C)C(=S)NC(C)(C)[C-](C)C.[V+2]. The van der Waals surface area contributed by atoms with Gasteiger partial charge in [0, 0.05) is 0 Å². The Kier molecular flexibility index (Phi) is 7.23. The van der Waals surface area contributed by atoms with Gasteiger partial charge in [0.15, 0.2) is 0 Å². The molecule has 0 rings (SSSR count). The monoisotopic (exact) mass is 236 g/mol. The first-order valence-electron chi connectivity index (χ1n) is 4.20. The van der Waals surface area contributed by atoms with E-state index in [1.54, 1.807) is 0 Å². The van der Waals surface area contributed by atoms with Gasteiger partial charge in [0.25, 0.3) is 0 Å². The smallest absolute Gasteiger partial charge is 0.429 e. The predicted molar refractivity (Wildman–Crippen MR) is 59.0 cm³/mol. The Bertz CT molecular complexity index is 164. The molecular weight excluding hydrogens is 217 g/mol. The summed E-state index contributed by atoms with van der Waals surface area (Å²) in [6, 6.07) is 0. The maximum Gasteiger partial charge on any atom is 2.00 e. The summed E-state index contributed by atoms with van der Waals surface area (Å²) >= 11 is 5.18. The molecule has 75 valence electrons. The van der Waals surface area contributed by atoms with Crippen molar-refractivity contribution in [2.45, 2.75) is 47.1 Å². The quantitative estimate of drug-likeness (QED) is 0.597. The van der Waals surface area contributed by atoms with Crippen LogP contribution in [0.4, 0.5) is 0 Å². The molecule has 13 heavy (non-hydrogen) atoms. The van der Waals surface area contributed by atoms with Gasteiger partial charge in [-0.05, 0) is 0 Å². The molecule has 0 amide bonds. The Morgan fingerprint density at radius 2 is 1.54 bits per heavy atom. The van der Waals surface area contributed by atoms with Gasteiger partial charge in [-0.2, -0.15) is 27.7 Å². The number of rotatable bonds is 3. The molecule has 0 aliphatic carbocycles. The van der Waals surface area contributed by atoms with Crippen LogP contribution < -0.4 is 5.32 Å². The van der Waals surface area contributed by atoms with Crippen LogP contribution in [0.1, 0.15) is 41.5 Å². The Hall–Kier alpha value is 0.344. The van der Waals surface area contributed by atoms with Crippen LogP contribution in [0.2, 0.25) is 0 Å². The maximum absolute atomic E-state index is 5.18. The molecule has 3 heteroatoms. The summed E-state index contributed by atoms with van der Waals surface area (Å²) in [5.74, 6) is 2.51. The molecule has 0 spiro atoms. The molecule has 0 saturated carbocycles. The van der Waals surface area contributed by atoms with Gasteiger partial charge in [0.05, 0.1) is 0 Å². The fourth-order valence-corrected chi connectivity index (χ4v) is 0.789. The number of hydrogen-bond acceptors (Lipinski definition) is 1. The minimum absolute atomic E-state index is 0. The first-order chi connectivity index (χ1) is 5.27. The van der Waals surface area contributed by atoms with E-state index >= 15 is 0 Å². The molecule has 1 radical (unpaired) electrons. The average molecular weight is 236 g/mol. The van der Waals surface area contributed by atoms with E-state index in [1.807, 2.05) is 13.8 Å². The molecule has 0 atom stereocenters. The van der Waals surface area contributed by atoms with Crippen molar-refractivity contribution in [3.63, 3.8) is 0 Å². The summed E-state index contributed by atoms with van der Waals surface area (Å²) in [5.41, 5.74) is 0.00829. The molecule has 0 aliphatic heterocycles. The summed E-state index contributed by atoms with van der Waals surface area (Å²) in [4.78, 5) is 0.862. The number of nitrogens with one attached hydrogen (secondary N) is 1. The van der Waals surface area contributed by atoms with Crippen molar-refractivity contribution in [1.82, 2.24) is 5.32 Å². The number of hydrogen-bond donors (Lipinski definition) is 1. The second-order valence-electron chi connectivity index (χ2n) is 4.08. The van der Waals surface area contributed by atoms with E-state index < -0.39 is 0 Å². The first-order valence-corrected chi connectivity index (χ1v) is 4.61. The molecule has 1 nitrogen and oxygen atoms in total. The Morgan fingerprint density at radius 3 is 1.77 bits per heavy atom. The molecule has 0 saturated heterocycles. The van der Waals surface area contributed by atoms with E-state index in [-0.39, 0.29) is 24.1 Å². The van der Waals surface area contributed by atoms with Crippen LogP contribution in [0, 0.1) is 11.8 Å². The standard InChI is InChI=1S/C10H19NS.V/c1-7(2)9(12)11-10(5,6)8(3)4;/h1-6H3,(H,11,12);/q-2;+2. The van der Waals surface area contributed by atoms with E-state index in [0.717, 1.165) is 4.99 Å². The van der Waals surface area contributed by atoms with Crippen LogP contribution in [-0.4, -0.2) is 10.5 Å². The molecule has 0 fully saturated rings. The van der Waals surface area contributed by atoms with Crippen LogP contribution >= 0.6 is 12.2 Å². The molecule has 0 aliphatic rings. The van der Waals surface area contributed by atoms with Crippen molar-refractivity contribution in [3.8, 4) is 0 Å². The van der Waals surface area contributed by atoms with Crippen molar-refractivity contribution >= 4 is 17.2 Å². The summed E-state index contributed by atoms with van der Waals surface area (Å²) in [6.45, 7) is 12.5. The van der Waals surface area contributed by atoms with Crippen molar-refractivity contribution in [3.05, 3.63) is 11.8 Å². The third-order valence-corrected chi connectivity index (χ3v) is 2.64. The topological polar surface area (TPSA) is 12.0 Å². The van der Waals surface area contributed by atoms with Gasteiger partial charge >= 0.3 is 18.6 Å². The summed E-state index contributed by atoms with van der Waals surface area (Å²) in [6.07, 6.45) is 0. The summed E-state index contributed by atoms with van der Waals surface area (Å²) in [7, 11) is 0. The molecule has 0 aromatic rings. The largest absolute Gasteiger partial charge is 2.00 e. The second-order valence-corrected chi connectivity index (χ2v) is 4.49. The molecule has 0 bridgehead atoms. The van der Waals surface area contributed by atoms with Gasteiger partial charge in [-0.15, -0.1) is 12.2 Å². The normalized spacial score (nSPS) is 10.7. The first kappa shape index (κ1) is 15.8. The van der Waals surface area contributed by atoms with Crippen LogP contribution in [0.15, 0.2) is 0 Å². The molecule has 1 N–H and O–H groups in total. The van der Waals surface area contributed by atoms with Crippen molar-refractivity contribution in [1.29, 1.82) is 0 Å². The van der Waals surface area contributed by atoms with E-state index in [9.17, 15) is 0 Å². The predicted octanol–water partition coefficient (Wildman–Crippen LogP) is 2.91. The van der Waals surface area contributed by atoms with Crippen molar-refractivity contribution in [2.24, 2.45) is 0 Å². The third-order valence-electron chi connectivity index (χ3n) is 2.13. The van der Waals surface area contributed by atoms with E-state index in [4.69, 9.17) is 12.2 Å². The van der Waals surface area contributed by atoms with Crippen molar-refractivity contribution in [2.75, 3.05) is 0 Å². The molecule has 0 aromatic heterocycles. The zero-order valence-corrected chi connectivity index (χ0v) is 11.6. The van der Waals surface area contributed by atoms with Gasteiger partial charge in [-0.25, -0.2) is 0 Å². The zero-order valence-electron chi connectivity index (χ0n) is 9.36. The fourth-order valence-electron chi connectivity index (χ4n) is 0.534. The van der Waals surface area contributed by atoms with Crippen molar-refractivity contribution < 1.29 is 18.6 Å². The zero-order chi connectivity index (χ0) is 9.94. The average Bonchev–Trinajstić information content (AvgIpc) is 1.85. The second kappa shape index (κ2) is 5.95. The Labute approximate surface area is 99.9 Å².